The first kappa shape index (κ1) is 11.0. The van der Waals surface area contributed by atoms with Gasteiger partial charge in [-0.3, -0.25) is 0 Å². The molecule has 0 saturated heterocycles. The largest absolute Gasteiger partial charge is 0.492 e. The van der Waals surface area contributed by atoms with Gasteiger partial charge in [0.05, 0.1) is 12.1 Å². The number of aryl methyl sites for hydroxylation is 1. The van der Waals surface area contributed by atoms with Gasteiger partial charge in [0.2, 0.25) is 0 Å². The predicted octanol–water partition coefficient (Wildman–Crippen LogP) is 2.89. The van der Waals surface area contributed by atoms with Crippen molar-refractivity contribution >= 4 is 10.9 Å². The summed E-state index contributed by atoms with van der Waals surface area (Å²) in [5, 5.41) is 1.17. The molecule has 2 aromatic rings. The van der Waals surface area contributed by atoms with E-state index in [9.17, 15) is 0 Å². The van der Waals surface area contributed by atoms with E-state index < -0.39 is 0 Å². The molecule has 0 aliphatic carbocycles. The maximum Gasteiger partial charge on any atom is 0.143 e. The number of nitrogens with two attached hydrogens (primary N) is 1. The Morgan fingerprint density at radius 1 is 1.44 bits per heavy atom. The number of para-hydroxylation sites is 1. The third-order valence-electron chi connectivity index (χ3n) is 2.79. The predicted molar refractivity (Wildman–Crippen MR) is 66.8 cm³/mol. The molecule has 1 heterocycles. The second-order valence-electron chi connectivity index (χ2n) is 4.06. The van der Waals surface area contributed by atoms with Crippen LogP contribution >= 0.6 is 0 Å². The average Bonchev–Trinajstić information content (AvgIpc) is 2.55. The molecule has 3 heteroatoms. The van der Waals surface area contributed by atoms with Gasteiger partial charge < -0.3 is 15.5 Å². The van der Waals surface area contributed by atoms with Crippen LogP contribution in [0.3, 0.4) is 0 Å². The minimum atomic E-state index is 0.0330. The molecule has 1 aromatic carbocycles. The number of fused-ring (bicyclic) bond motifs is 1. The number of ether oxygens (including phenoxy) is 1. The molecule has 16 heavy (non-hydrogen) atoms. The summed E-state index contributed by atoms with van der Waals surface area (Å²) in [5.74, 6) is 0.898. The minimum absolute atomic E-state index is 0.0330. The lowest BCUT2D eigenvalue weighted by atomic mass is 10.1. The van der Waals surface area contributed by atoms with Crippen molar-refractivity contribution in [3.05, 3.63) is 29.5 Å². The van der Waals surface area contributed by atoms with E-state index in [1.165, 1.54) is 10.9 Å². The second-order valence-corrected chi connectivity index (χ2v) is 4.06. The average molecular weight is 218 g/mol. The molecule has 1 aromatic heterocycles. The van der Waals surface area contributed by atoms with Crippen molar-refractivity contribution in [2.24, 2.45) is 5.73 Å². The maximum atomic E-state index is 5.99. The molecule has 0 saturated carbocycles. The van der Waals surface area contributed by atoms with Crippen molar-refractivity contribution in [2.45, 2.75) is 26.8 Å². The maximum absolute atomic E-state index is 5.99. The number of H-pyrrole nitrogens is 1. The standard InChI is InChI=1S/C13H18N2O/c1-4-16-11-7-5-6-10-12(8(2)14)9(3)15-13(10)11/h5-8,15H,4,14H2,1-3H3. The fourth-order valence-electron chi connectivity index (χ4n) is 2.20. The van der Waals surface area contributed by atoms with E-state index in [1.54, 1.807) is 0 Å². The molecular weight excluding hydrogens is 200 g/mol. The molecule has 0 spiro atoms. The zero-order valence-corrected chi connectivity index (χ0v) is 10.0. The first-order valence-corrected chi connectivity index (χ1v) is 5.64. The zero-order valence-electron chi connectivity index (χ0n) is 10.0. The van der Waals surface area contributed by atoms with Crippen LogP contribution in [0.1, 0.15) is 31.1 Å². The summed E-state index contributed by atoms with van der Waals surface area (Å²) in [4.78, 5) is 3.36. The SMILES string of the molecule is CCOc1cccc2c(C(C)N)c(C)[nH]c12. The molecule has 0 fully saturated rings. The highest BCUT2D eigenvalue weighted by atomic mass is 16.5. The van der Waals surface area contributed by atoms with Crippen molar-refractivity contribution in [2.75, 3.05) is 6.61 Å². The molecule has 3 nitrogen and oxygen atoms in total. The van der Waals surface area contributed by atoms with Gasteiger partial charge in [-0.05, 0) is 32.4 Å². The Morgan fingerprint density at radius 2 is 2.19 bits per heavy atom. The van der Waals surface area contributed by atoms with Gasteiger partial charge in [-0.1, -0.05) is 12.1 Å². The van der Waals surface area contributed by atoms with Crippen molar-refractivity contribution in [1.29, 1.82) is 0 Å². The van der Waals surface area contributed by atoms with Gasteiger partial charge >= 0.3 is 0 Å². The van der Waals surface area contributed by atoms with E-state index in [2.05, 4.69) is 18.0 Å². The summed E-state index contributed by atoms with van der Waals surface area (Å²) < 4.78 is 5.60. The topological polar surface area (TPSA) is 51.0 Å². The van der Waals surface area contributed by atoms with Crippen molar-refractivity contribution in [1.82, 2.24) is 4.98 Å². The third kappa shape index (κ3) is 1.67. The molecule has 0 amide bonds. The summed E-state index contributed by atoms with van der Waals surface area (Å²) in [7, 11) is 0. The number of aromatic amines is 1. The fourth-order valence-corrected chi connectivity index (χ4v) is 2.20. The molecule has 0 radical (unpaired) electrons. The van der Waals surface area contributed by atoms with Gasteiger partial charge in [0.1, 0.15) is 5.75 Å². The van der Waals surface area contributed by atoms with Gasteiger partial charge in [0.25, 0.3) is 0 Å². The molecule has 0 aliphatic heterocycles. The molecule has 2 rings (SSSR count). The lowest BCUT2D eigenvalue weighted by molar-refractivity contribution is 0.343. The van der Waals surface area contributed by atoms with Crippen molar-refractivity contribution in [3.8, 4) is 5.75 Å². The highest BCUT2D eigenvalue weighted by molar-refractivity contribution is 5.89. The van der Waals surface area contributed by atoms with E-state index in [0.717, 1.165) is 17.0 Å². The first-order valence-electron chi connectivity index (χ1n) is 5.64. The minimum Gasteiger partial charge on any atom is -0.492 e. The quantitative estimate of drug-likeness (QED) is 0.832. The Morgan fingerprint density at radius 3 is 2.81 bits per heavy atom. The van der Waals surface area contributed by atoms with E-state index >= 15 is 0 Å². The normalized spacial score (nSPS) is 13.0. The number of aromatic nitrogens is 1. The molecule has 0 aliphatic rings. The smallest absolute Gasteiger partial charge is 0.143 e. The van der Waals surface area contributed by atoms with Gasteiger partial charge in [-0.2, -0.15) is 0 Å². The summed E-state index contributed by atoms with van der Waals surface area (Å²) in [6, 6.07) is 6.10. The van der Waals surface area contributed by atoms with Crippen LogP contribution in [0.25, 0.3) is 10.9 Å². The van der Waals surface area contributed by atoms with E-state index in [-0.39, 0.29) is 6.04 Å². The third-order valence-corrected chi connectivity index (χ3v) is 2.79. The van der Waals surface area contributed by atoms with Crippen LogP contribution in [0.15, 0.2) is 18.2 Å². The summed E-state index contributed by atoms with van der Waals surface area (Å²) >= 11 is 0. The Bertz CT molecular complexity index is 500. The Kier molecular flexibility index (Phi) is 2.88. The van der Waals surface area contributed by atoms with Crippen LogP contribution < -0.4 is 10.5 Å². The van der Waals surface area contributed by atoms with E-state index in [1.807, 2.05) is 26.0 Å². The second kappa shape index (κ2) is 4.18. The van der Waals surface area contributed by atoms with Crippen LogP contribution in [0.4, 0.5) is 0 Å². The number of hydrogen-bond acceptors (Lipinski definition) is 2. The summed E-state index contributed by atoms with van der Waals surface area (Å²) in [6.07, 6.45) is 0. The summed E-state index contributed by atoms with van der Waals surface area (Å²) in [6.45, 7) is 6.71. The zero-order chi connectivity index (χ0) is 11.7. The van der Waals surface area contributed by atoms with Crippen LogP contribution in [-0.4, -0.2) is 11.6 Å². The molecule has 3 N–H and O–H groups in total. The van der Waals surface area contributed by atoms with Crippen LogP contribution in [-0.2, 0) is 0 Å². The Labute approximate surface area is 95.6 Å². The number of rotatable bonds is 3. The van der Waals surface area contributed by atoms with Crippen LogP contribution in [0.2, 0.25) is 0 Å². The van der Waals surface area contributed by atoms with Gasteiger partial charge in [0, 0.05) is 17.1 Å². The molecular formula is C13H18N2O. The van der Waals surface area contributed by atoms with E-state index in [0.29, 0.717) is 6.61 Å². The van der Waals surface area contributed by atoms with Crippen molar-refractivity contribution in [3.63, 3.8) is 0 Å². The van der Waals surface area contributed by atoms with Crippen molar-refractivity contribution < 1.29 is 4.74 Å². The van der Waals surface area contributed by atoms with Crippen LogP contribution in [0, 0.1) is 6.92 Å². The van der Waals surface area contributed by atoms with Gasteiger partial charge in [-0.25, -0.2) is 0 Å². The summed E-state index contributed by atoms with van der Waals surface area (Å²) in [5.41, 5.74) is 9.34. The monoisotopic (exact) mass is 218 g/mol. The van der Waals surface area contributed by atoms with Gasteiger partial charge in [-0.15, -0.1) is 0 Å². The van der Waals surface area contributed by atoms with Crippen LogP contribution in [0.5, 0.6) is 5.75 Å². The molecule has 0 bridgehead atoms. The highest BCUT2D eigenvalue weighted by Crippen LogP contribution is 2.32. The van der Waals surface area contributed by atoms with E-state index in [4.69, 9.17) is 10.5 Å². The number of hydrogen-bond donors (Lipinski definition) is 2. The Balaban J connectivity index is 2.67. The molecule has 1 unspecified atom stereocenters. The number of nitrogens with one attached hydrogen (secondary N) is 1. The van der Waals surface area contributed by atoms with Gasteiger partial charge in [0.15, 0.2) is 0 Å². The Hall–Kier alpha value is -1.48. The fraction of sp³-hybridized carbons (Fsp3) is 0.385. The molecule has 86 valence electrons. The molecule has 1 atom stereocenters. The lowest BCUT2D eigenvalue weighted by Crippen LogP contribution is -2.05. The first-order chi connectivity index (χ1) is 7.65. The highest BCUT2D eigenvalue weighted by Gasteiger charge is 2.14. The number of benzene rings is 1. The lowest BCUT2D eigenvalue weighted by Gasteiger charge is -2.06.